The Morgan fingerprint density at radius 1 is 1.14 bits per heavy atom. The number of nitriles is 1. The average molecular weight is 320 g/mol. The van der Waals surface area contributed by atoms with Crippen molar-refractivity contribution < 1.29 is 9.18 Å². The summed E-state index contributed by atoms with van der Waals surface area (Å²) >= 11 is 11.6. The van der Waals surface area contributed by atoms with Crippen LogP contribution in [0.25, 0.3) is 6.08 Å². The van der Waals surface area contributed by atoms with Gasteiger partial charge in [0, 0.05) is 0 Å². The van der Waals surface area contributed by atoms with Gasteiger partial charge in [0.05, 0.1) is 27.2 Å². The summed E-state index contributed by atoms with van der Waals surface area (Å²) < 4.78 is 13.4. The van der Waals surface area contributed by atoms with E-state index in [2.05, 4.69) is 0 Å². The largest absolute Gasteiger partial charge is 0.289 e. The van der Waals surface area contributed by atoms with Gasteiger partial charge in [-0.15, -0.1) is 0 Å². The van der Waals surface area contributed by atoms with Gasteiger partial charge in [-0.2, -0.15) is 5.26 Å². The molecule has 0 radical (unpaired) electrons. The second kappa shape index (κ2) is 6.53. The zero-order valence-electron chi connectivity index (χ0n) is 10.6. The van der Waals surface area contributed by atoms with Crippen LogP contribution < -0.4 is 0 Å². The maximum absolute atomic E-state index is 13.4. The summed E-state index contributed by atoms with van der Waals surface area (Å²) in [5, 5.41) is 8.49. The summed E-state index contributed by atoms with van der Waals surface area (Å²) in [7, 11) is 0. The fourth-order valence-corrected chi connectivity index (χ4v) is 2.23. The van der Waals surface area contributed by atoms with Gasteiger partial charge in [0.1, 0.15) is 5.82 Å². The molecule has 0 heterocycles. The molecule has 0 aliphatic heterocycles. The lowest BCUT2D eigenvalue weighted by atomic mass is 10.1. The van der Waals surface area contributed by atoms with E-state index in [9.17, 15) is 9.18 Å². The third-order valence-electron chi connectivity index (χ3n) is 2.76. The second-order valence-electron chi connectivity index (χ2n) is 4.15. The monoisotopic (exact) mass is 319 g/mol. The van der Waals surface area contributed by atoms with Crippen LogP contribution in [0.2, 0.25) is 10.0 Å². The van der Waals surface area contributed by atoms with Crippen molar-refractivity contribution >= 4 is 35.1 Å². The predicted octanol–water partition coefficient (Wildman–Crippen LogP) is 4.90. The van der Waals surface area contributed by atoms with Crippen molar-refractivity contribution in [2.75, 3.05) is 0 Å². The summed E-state index contributed by atoms with van der Waals surface area (Å²) in [4.78, 5) is 12.1. The molecule has 2 aromatic carbocycles. The van der Waals surface area contributed by atoms with Gasteiger partial charge in [-0.05, 0) is 35.9 Å². The lowest BCUT2D eigenvalue weighted by Gasteiger charge is -2.04. The lowest BCUT2D eigenvalue weighted by Crippen LogP contribution is -1.99. The molecule has 0 atom stereocenters. The zero-order valence-corrected chi connectivity index (χ0v) is 12.1. The van der Waals surface area contributed by atoms with E-state index >= 15 is 0 Å². The van der Waals surface area contributed by atoms with Crippen molar-refractivity contribution in [2.24, 2.45) is 0 Å². The third kappa shape index (κ3) is 3.49. The Morgan fingerprint density at radius 3 is 2.43 bits per heavy atom. The highest BCUT2D eigenvalue weighted by Gasteiger charge is 2.15. The first-order valence-electron chi connectivity index (χ1n) is 5.89. The smallest absolute Gasteiger partial charge is 0.188 e. The Balaban J connectivity index is 2.27. The molecule has 0 saturated heterocycles. The number of carbonyl (C=O) groups excluding carboxylic acids is 1. The Bertz CT molecular complexity index is 761. The molecule has 2 rings (SSSR count). The SMILES string of the molecule is N#Cc1ccc(C=CC(=O)c2c(Cl)ccc(F)c2Cl)cc1. The molecule has 2 nitrogen and oxygen atoms in total. The number of nitrogens with zero attached hydrogens (tertiary/aromatic N) is 1. The molecule has 0 aromatic heterocycles. The first-order valence-corrected chi connectivity index (χ1v) is 6.64. The fraction of sp³-hybridized carbons (Fsp3) is 0. The molecule has 5 heteroatoms. The number of carbonyl (C=O) groups is 1. The van der Waals surface area contributed by atoms with Crippen LogP contribution in [-0.4, -0.2) is 5.78 Å². The molecule has 21 heavy (non-hydrogen) atoms. The summed E-state index contributed by atoms with van der Waals surface area (Å²) in [6.07, 6.45) is 2.80. The highest BCUT2D eigenvalue weighted by atomic mass is 35.5. The molecule has 0 amide bonds. The van der Waals surface area contributed by atoms with Gasteiger partial charge in [-0.25, -0.2) is 4.39 Å². The third-order valence-corrected chi connectivity index (χ3v) is 3.44. The summed E-state index contributed by atoms with van der Waals surface area (Å²) in [5.41, 5.74) is 1.18. The lowest BCUT2D eigenvalue weighted by molar-refractivity contribution is 0.104. The van der Waals surface area contributed by atoms with Crippen LogP contribution in [0.4, 0.5) is 4.39 Å². The van der Waals surface area contributed by atoms with Gasteiger partial charge in [-0.1, -0.05) is 41.4 Å². The van der Waals surface area contributed by atoms with Crippen LogP contribution in [0.1, 0.15) is 21.5 Å². The highest BCUT2D eigenvalue weighted by molar-refractivity contribution is 6.40. The molecule has 0 bridgehead atoms. The molecule has 0 saturated carbocycles. The minimum absolute atomic E-state index is 0.0665. The maximum Gasteiger partial charge on any atom is 0.188 e. The predicted molar refractivity (Wildman–Crippen MR) is 80.9 cm³/mol. The molecule has 0 aliphatic carbocycles. The molecule has 104 valence electrons. The van der Waals surface area contributed by atoms with Crippen molar-refractivity contribution in [3.63, 3.8) is 0 Å². The van der Waals surface area contributed by atoms with E-state index in [0.717, 1.165) is 11.6 Å². The van der Waals surface area contributed by atoms with E-state index in [-0.39, 0.29) is 15.6 Å². The van der Waals surface area contributed by atoms with Crippen molar-refractivity contribution in [3.05, 3.63) is 75.0 Å². The maximum atomic E-state index is 13.4. The molecule has 0 aliphatic rings. The van der Waals surface area contributed by atoms with Crippen molar-refractivity contribution in [3.8, 4) is 6.07 Å². The number of allylic oxidation sites excluding steroid dienone is 1. The summed E-state index contributed by atoms with van der Waals surface area (Å²) in [5.74, 6) is -1.19. The van der Waals surface area contributed by atoms with Crippen LogP contribution in [0.3, 0.4) is 0 Å². The quantitative estimate of drug-likeness (QED) is 0.458. The molecule has 0 spiro atoms. The van der Waals surface area contributed by atoms with Crippen molar-refractivity contribution in [2.45, 2.75) is 0 Å². The highest BCUT2D eigenvalue weighted by Crippen LogP contribution is 2.28. The Hall–Kier alpha value is -2.15. The van der Waals surface area contributed by atoms with Crippen LogP contribution in [0.5, 0.6) is 0 Å². The van der Waals surface area contributed by atoms with Gasteiger partial charge >= 0.3 is 0 Å². The van der Waals surface area contributed by atoms with Crippen LogP contribution in [0.15, 0.2) is 42.5 Å². The van der Waals surface area contributed by atoms with Crippen molar-refractivity contribution in [1.29, 1.82) is 5.26 Å². The van der Waals surface area contributed by atoms with Crippen LogP contribution >= 0.6 is 23.2 Å². The Labute approximate surface area is 131 Å². The minimum atomic E-state index is -0.698. The Kier molecular flexibility index (Phi) is 4.74. The number of benzene rings is 2. The molecule has 0 unspecified atom stereocenters. The number of hydrogen-bond donors (Lipinski definition) is 0. The van der Waals surface area contributed by atoms with Gasteiger partial charge in [-0.3, -0.25) is 4.79 Å². The topological polar surface area (TPSA) is 40.9 Å². The minimum Gasteiger partial charge on any atom is -0.289 e. The van der Waals surface area contributed by atoms with E-state index in [1.165, 1.54) is 12.1 Å². The van der Waals surface area contributed by atoms with E-state index < -0.39 is 11.6 Å². The number of halogens is 3. The van der Waals surface area contributed by atoms with Gasteiger partial charge in [0.15, 0.2) is 5.78 Å². The van der Waals surface area contributed by atoms with Gasteiger partial charge in [0.25, 0.3) is 0 Å². The number of ketones is 1. The number of rotatable bonds is 3. The standard InChI is InChI=1S/C16H8Cl2FNO/c17-12-6-7-13(19)16(18)15(12)14(21)8-5-10-1-3-11(9-20)4-2-10/h1-8H. The van der Waals surface area contributed by atoms with Crippen LogP contribution in [-0.2, 0) is 0 Å². The Morgan fingerprint density at radius 2 is 1.81 bits per heavy atom. The molecule has 0 N–H and O–H groups in total. The first kappa shape index (κ1) is 15.2. The fourth-order valence-electron chi connectivity index (χ4n) is 1.68. The average Bonchev–Trinajstić information content (AvgIpc) is 2.50. The molecule has 0 fully saturated rings. The van der Waals surface area contributed by atoms with Crippen LogP contribution in [0, 0.1) is 17.1 Å². The van der Waals surface area contributed by atoms with Crippen molar-refractivity contribution in [1.82, 2.24) is 0 Å². The summed E-state index contributed by atoms with van der Waals surface area (Å²) in [6, 6.07) is 11.0. The molecular formula is C16H8Cl2FNO. The summed E-state index contributed by atoms with van der Waals surface area (Å²) in [6.45, 7) is 0. The van der Waals surface area contributed by atoms with Gasteiger partial charge in [0.2, 0.25) is 0 Å². The van der Waals surface area contributed by atoms with E-state index in [0.29, 0.717) is 5.56 Å². The second-order valence-corrected chi connectivity index (χ2v) is 4.93. The van der Waals surface area contributed by atoms with E-state index in [4.69, 9.17) is 28.5 Å². The van der Waals surface area contributed by atoms with Gasteiger partial charge < -0.3 is 0 Å². The first-order chi connectivity index (χ1) is 10.0. The normalized spacial score (nSPS) is 10.6. The zero-order chi connectivity index (χ0) is 15.4. The number of hydrogen-bond acceptors (Lipinski definition) is 2. The van der Waals surface area contributed by atoms with E-state index in [1.807, 2.05) is 6.07 Å². The van der Waals surface area contributed by atoms with E-state index in [1.54, 1.807) is 30.3 Å². The molecule has 2 aromatic rings. The molecular weight excluding hydrogens is 312 g/mol.